The Kier molecular flexibility index (Phi) is 7.64. The number of esters is 1. The maximum absolute atomic E-state index is 15.3. The Bertz CT molecular complexity index is 1260. The molecular formula is C20H22F2N4O10S. The molecule has 202 valence electrons. The molecule has 1 amide bonds. The van der Waals surface area contributed by atoms with E-state index >= 15 is 8.78 Å². The van der Waals surface area contributed by atoms with Crippen LogP contribution in [-0.4, -0.2) is 67.1 Å². The third-order valence-corrected chi connectivity index (χ3v) is 5.91. The lowest BCUT2D eigenvalue weighted by atomic mass is 10.0. The lowest BCUT2D eigenvalue weighted by molar-refractivity contribution is -0.380. The first kappa shape index (κ1) is 28.0. The van der Waals surface area contributed by atoms with E-state index in [-0.39, 0.29) is 16.2 Å². The van der Waals surface area contributed by atoms with Gasteiger partial charge in [-0.25, -0.2) is 14.4 Å². The zero-order valence-electron chi connectivity index (χ0n) is 19.5. The van der Waals surface area contributed by atoms with Crippen LogP contribution in [0.25, 0.3) is 0 Å². The number of hydrogen-bond donors (Lipinski definition) is 3. The van der Waals surface area contributed by atoms with E-state index in [2.05, 4.69) is 10.3 Å². The predicted molar refractivity (Wildman–Crippen MR) is 120 cm³/mol. The van der Waals surface area contributed by atoms with Crippen molar-refractivity contribution in [3.63, 3.8) is 0 Å². The molecule has 17 heteroatoms. The number of alkyl halides is 2. The number of carbonyl (C=O) groups excluding carboxylic acids is 2. The molecule has 0 aliphatic carbocycles. The summed E-state index contributed by atoms with van der Waals surface area (Å²) in [5.74, 6) is -6.64. The number of nitrogens with zero attached hydrogens (tertiary/aromatic N) is 3. The Hall–Kier alpha value is -3.54. The Morgan fingerprint density at radius 2 is 2.03 bits per heavy atom. The number of rotatable bonds is 7. The van der Waals surface area contributed by atoms with E-state index in [4.69, 9.17) is 14.2 Å². The number of halogens is 2. The quantitative estimate of drug-likeness (QED) is 0.257. The van der Waals surface area contributed by atoms with Gasteiger partial charge >= 0.3 is 34.4 Å². The number of carbonyl (C=O) groups is 2. The first-order chi connectivity index (χ1) is 17.1. The SMILES string of the molecule is CC(C)(C)OC(=O)[C@@]1(n2ccc(NC(=O)OCc3ccc([N+](=O)[O-])s3)nc2=O)O[C@H](CO)[C@@H](O)C1(F)F. The van der Waals surface area contributed by atoms with Crippen molar-refractivity contribution < 1.29 is 47.7 Å². The topological polar surface area (TPSA) is 192 Å². The zero-order valence-corrected chi connectivity index (χ0v) is 20.4. The van der Waals surface area contributed by atoms with E-state index in [1.807, 2.05) is 0 Å². The molecule has 0 unspecified atom stereocenters. The van der Waals surface area contributed by atoms with E-state index in [0.717, 1.165) is 17.4 Å². The second-order valence-electron chi connectivity index (χ2n) is 8.72. The number of anilines is 1. The van der Waals surface area contributed by atoms with Gasteiger partial charge in [0.05, 0.1) is 11.5 Å². The maximum Gasteiger partial charge on any atom is 0.413 e. The van der Waals surface area contributed by atoms with Crippen molar-refractivity contribution in [1.82, 2.24) is 9.55 Å². The van der Waals surface area contributed by atoms with Crippen molar-refractivity contribution in [3.05, 3.63) is 49.9 Å². The Morgan fingerprint density at radius 1 is 1.35 bits per heavy atom. The van der Waals surface area contributed by atoms with Crippen molar-refractivity contribution in [2.45, 2.75) is 56.8 Å². The molecule has 1 fully saturated rings. The number of aromatic nitrogens is 2. The van der Waals surface area contributed by atoms with Crippen molar-refractivity contribution in [1.29, 1.82) is 0 Å². The lowest BCUT2D eigenvalue weighted by Crippen LogP contribution is -2.61. The van der Waals surface area contributed by atoms with Gasteiger partial charge < -0.3 is 24.4 Å². The average molecular weight is 548 g/mol. The fourth-order valence-electron chi connectivity index (χ4n) is 3.31. The van der Waals surface area contributed by atoms with Gasteiger partial charge in [-0.1, -0.05) is 11.3 Å². The first-order valence-corrected chi connectivity index (χ1v) is 11.3. The molecule has 2 aromatic rings. The standard InChI is InChI=1S/C20H22F2N4O10S/c1-18(2,3)36-15(29)20(19(21,22)14(28)11(8-27)35-20)25-7-6-12(23-16(25)30)24-17(31)34-9-10-4-5-13(37-10)26(32)33/h4-7,11,14,27-28H,8-9H2,1-3H3,(H,23,24,30,31)/t11-,14-,20-/m1/s1. The van der Waals surface area contributed by atoms with Crippen LogP contribution in [0.5, 0.6) is 0 Å². The van der Waals surface area contributed by atoms with Crippen LogP contribution in [0.15, 0.2) is 29.2 Å². The molecule has 3 N–H and O–H groups in total. The van der Waals surface area contributed by atoms with Gasteiger partial charge in [0, 0.05) is 17.1 Å². The average Bonchev–Trinajstić information content (AvgIpc) is 3.34. The smallest absolute Gasteiger partial charge is 0.413 e. The van der Waals surface area contributed by atoms with Crippen LogP contribution in [0.4, 0.5) is 24.4 Å². The number of aliphatic hydroxyl groups is 2. The number of nitrogens with one attached hydrogen (secondary N) is 1. The summed E-state index contributed by atoms with van der Waals surface area (Å²) in [5.41, 5.74) is -6.33. The molecule has 0 bridgehead atoms. The molecule has 0 saturated carbocycles. The van der Waals surface area contributed by atoms with Crippen molar-refractivity contribution in [2.75, 3.05) is 11.9 Å². The Balaban J connectivity index is 1.87. The third kappa shape index (κ3) is 5.43. The highest BCUT2D eigenvalue weighted by molar-refractivity contribution is 7.15. The maximum atomic E-state index is 15.3. The van der Waals surface area contributed by atoms with Gasteiger partial charge in [0.15, 0.2) is 6.10 Å². The van der Waals surface area contributed by atoms with Gasteiger partial charge in [0.1, 0.15) is 24.1 Å². The minimum absolute atomic E-state index is 0.0985. The van der Waals surface area contributed by atoms with Gasteiger partial charge in [-0.05, 0) is 32.9 Å². The van der Waals surface area contributed by atoms with Gasteiger partial charge in [0.2, 0.25) is 0 Å². The van der Waals surface area contributed by atoms with Crippen LogP contribution < -0.4 is 11.0 Å². The summed E-state index contributed by atoms with van der Waals surface area (Å²) in [6, 6.07) is 3.48. The Morgan fingerprint density at radius 3 is 2.54 bits per heavy atom. The van der Waals surface area contributed by atoms with E-state index < -0.39 is 64.6 Å². The van der Waals surface area contributed by atoms with Gasteiger partial charge in [0.25, 0.3) is 0 Å². The molecule has 0 spiro atoms. The van der Waals surface area contributed by atoms with Crippen LogP contribution in [0.2, 0.25) is 0 Å². The van der Waals surface area contributed by atoms with Crippen LogP contribution in [0, 0.1) is 10.1 Å². The van der Waals surface area contributed by atoms with Crippen LogP contribution >= 0.6 is 11.3 Å². The molecule has 1 aliphatic heterocycles. The fraction of sp³-hybridized carbons (Fsp3) is 0.500. The van der Waals surface area contributed by atoms with Crippen LogP contribution in [0.1, 0.15) is 25.6 Å². The van der Waals surface area contributed by atoms with Crippen LogP contribution in [-0.2, 0) is 31.3 Å². The molecule has 3 heterocycles. The molecule has 3 rings (SSSR count). The first-order valence-electron chi connectivity index (χ1n) is 10.5. The molecule has 1 saturated heterocycles. The summed E-state index contributed by atoms with van der Waals surface area (Å²) in [6.45, 7) is 2.67. The molecular weight excluding hydrogens is 526 g/mol. The van der Waals surface area contributed by atoms with E-state index in [9.17, 15) is 34.7 Å². The molecule has 1 aliphatic rings. The second kappa shape index (κ2) is 10.1. The van der Waals surface area contributed by atoms with Gasteiger partial charge in [-0.15, -0.1) is 0 Å². The summed E-state index contributed by atoms with van der Waals surface area (Å²) in [4.78, 5) is 51.6. The minimum atomic E-state index is -4.45. The highest BCUT2D eigenvalue weighted by Crippen LogP contribution is 2.48. The fourth-order valence-corrected chi connectivity index (χ4v) is 4.05. The number of aliphatic hydroxyl groups excluding tert-OH is 2. The van der Waals surface area contributed by atoms with Crippen molar-refractivity contribution >= 4 is 34.2 Å². The number of nitro groups is 1. The summed E-state index contributed by atoms with van der Waals surface area (Å²) >= 11 is 0.776. The largest absolute Gasteiger partial charge is 0.456 e. The number of amides is 1. The van der Waals surface area contributed by atoms with Crippen molar-refractivity contribution in [3.8, 4) is 0 Å². The van der Waals surface area contributed by atoms with E-state index in [1.165, 1.54) is 32.9 Å². The predicted octanol–water partition coefficient (Wildman–Crippen LogP) is 1.34. The summed E-state index contributed by atoms with van der Waals surface area (Å²) in [6.07, 6.45) is -5.09. The number of ether oxygens (including phenoxy) is 3. The summed E-state index contributed by atoms with van der Waals surface area (Å²) < 4.78 is 45.7. The van der Waals surface area contributed by atoms with Gasteiger partial charge in [-0.2, -0.15) is 13.8 Å². The normalized spacial score (nSPS) is 22.9. The zero-order chi connectivity index (χ0) is 27.8. The van der Waals surface area contributed by atoms with E-state index in [1.54, 1.807) is 0 Å². The molecule has 14 nitrogen and oxygen atoms in total. The minimum Gasteiger partial charge on any atom is -0.456 e. The monoisotopic (exact) mass is 548 g/mol. The van der Waals surface area contributed by atoms with Crippen molar-refractivity contribution in [2.24, 2.45) is 0 Å². The Labute approximate surface area is 210 Å². The number of hydrogen-bond acceptors (Lipinski definition) is 12. The van der Waals surface area contributed by atoms with Crippen LogP contribution in [0.3, 0.4) is 0 Å². The molecule has 0 radical (unpaired) electrons. The van der Waals surface area contributed by atoms with E-state index in [0.29, 0.717) is 11.1 Å². The van der Waals surface area contributed by atoms with Gasteiger partial charge in [-0.3, -0.25) is 20.0 Å². The summed E-state index contributed by atoms with van der Waals surface area (Å²) in [5, 5.41) is 32.0. The molecule has 37 heavy (non-hydrogen) atoms. The molecule has 2 aromatic heterocycles. The third-order valence-electron chi connectivity index (χ3n) is 4.90. The highest BCUT2D eigenvalue weighted by Gasteiger charge is 2.75. The molecule has 3 atom stereocenters. The summed E-state index contributed by atoms with van der Waals surface area (Å²) in [7, 11) is 0. The highest BCUT2D eigenvalue weighted by atomic mass is 32.1. The molecule has 0 aromatic carbocycles. The number of thiophene rings is 1. The lowest BCUT2D eigenvalue weighted by Gasteiger charge is -2.35. The second-order valence-corrected chi connectivity index (χ2v) is 9.86.